The van der Waals surface area contributed by atoms with Gasteiger partial charge in [0.15, 0.2) is 5.15 Å². The highest BCUT2D eigenvalue weighted by atomic mass is 35.5. The van der Waals surface area contributed by atoms with E-state index in [-0.39, 0.29) is 12.5 Å². The number of carbonyl (C=O) groups is 1. The summed E-state index contributed by atoms with van der Waals surface area (Å²) in [5.41, 5.74) is 5.74. The second kappa shape index (κ2) is 4.74. The van der Waals surface area contributed by atoms with Crippen LogP contribution in [0.5, 0.6) is 0 Å². The van der Waals surface area contributed by atoms with Crippen molar-refractivity contribution >= 4 is 17.5 Å². The molecule has 0 bridgehead atoms. The molecule has 0 aromatic carbocycles. The number of hydrogen-bond acceptors (Lipinski definition) is 4. The number of nitrogens with zero attached hydrogens (tertiary/aromatic N) is 2. The molecule has 1 rings (SSSR count). The highest BCUT2D eigenvalue weighted by Crippen LogP contribution is 2.01. The maximum absolute atomic E-state index is 10.7. The standard InChI is InChI=1S/C7H9ClN4O/c8-6-2-1-5(11-12-6)4-10-7(13)3-9/h1-2H,3-4,9H2,(H,10,13). The van der Waals surface area contributed by atoms with Crippen LogP contribution in [0.1, 0.15) is 5.69 Å². The SMILES string of the molecule is NCC(=O)NCc1ccc(Cl)nn1. The van der Waals surface area contributed by atoms with Crippen molar-refractivity contribution in [1.29, 1.82) is 0 Å². The normalized spacial score (nSPS) is 9.69. The lowest BCUT2D eigenvalue weighted by molar-refractivity contribution is -0.119. The summed E-state index contributed by atoms with van der Waals surface area (Å²) in [5.74, 6) is -0.225. The number of halogens is 1. The fourth-order valence-electron chi connectivity index (χ4n) is 0.699. The van der Waals surface area contributed by atoms with Crippen LogP contribution in [0, 0.1) is 0 Å². The van der Waals surface area contributed by atoms with Crippen molar-refractivity contribution in [3.63, 3.8) is 0 Å². The van der Waals surface area contributed by atoms with Crippen LogP contribution in [0.4, 0.5) is 0 Å². The van der Waals surface area contributed by atoms with Crippen molar-refractivity contribution in [3.8, 4) is 0 Å². The number of rotatable bonds is 3. The van der Waals surface area contributed by atoms with Crippen LogP contribution in [0.3, 0.4) is 0 Å². The number of hydrogen-bond donors (Lipinski definition) is 2. The molecule has 6 heteroatoms. The number of nitrogens with one attached hydrogen (secondary N) is 1. The Hall–Kier alpha value is -1.20. The van der Waals surface area contributed by atoms with Crippen LogP contribution in [0.15, 0.2) is 12.1 Å². The molecule has 0 unspecified atom stereocenters. The minimum Gasteiger partial charge on any atom is -0.349 e. The number of nitrogens with two attached hydrogens (primary N) is 1. The Bertz CT molecular complexity index is 287. The predicted octanol–water partition coefficient (Wildman–Crippen LogP) is -0.295. The van der Waals surface area contributed by atoms with Crippen LogP contribution < -0.4 is 11.1 Å². The van der Waals surface area contributed by atoms with Gasteiger partial charge in [-0.1, -0.05) is 11.6 Å². The van der Waals surface area contributed by atoms with Crippen LogP contribution in [0.25, 0.3) is 0 Å². The smallest absolute Gasteiger partial charge is 0.234 e. The minimum atomic E-state index is -0.225. The number of amides is 1. The van der Waals surface area contributed by atoms with Crippen molar-refractivity contribution in [3.05, 3.63) is 23.0 Å². The fraction of sp³-hybridized carbons (Fsp3) is 0.286. The van der Waals surface area contributed by atoms with E-state index in [0.29, 0.717) is 17.4 Å². The first-order valence-corrected chi connectivity index (χ1v) is 4.05. The third-order valence-corrected chi connectivity index (χ3v) is 1.54. The molecule has 0 aliphatic heterocycles. The second-order valence-corrected chi connectivity index (χ2v) is 2.72. The van der Waals surface area contributed by atoms with Crippen LogP contribution >= 0.6 is 11.6 Å². The Labute approximate surface area is 80.3 Å². The Morgan fingerprint density at radius 1 is 1.54 bits per heavy atom. The fourth-order valence-corrected chi connectivity index (χ4v) is 0.800. The lowest BCUT2D eigenvalue weighted by Gasteiger charge is -2.01. The lowest BCUT2D eigenvalue weighted by Crippen LogP contribution is -2.30. The molecular formula is C7H9ClN4O. The summed E-state index contributed by atoms with van der Waals surface area (Å²) in [7, 11) is 0. The van der Waals surface area contributed by atoms with Gasteiger partial charge in [0.25, 0.3) is 0 Å². The van der Waals surface area contributed by atoms with Gasteiger partial charge in [-0.15, -0.1) is 5.10 Å². The molecule has 1 aromatic heterocycles. The molecule has 0 aliphatic carbocycles. The zero-order chi connectivity index (χ0) is 9.68. The zero-order valence-corrected chi connectivity index (χ0v) is 7.58. The Kier molecular flexibility index (Phi) is 3.60. The van der Waals surface area contributed by atoms with E-state index < -0.39 is 0 Å². The van der Waals surface area contributed by atoms with Gasteiger partial charge >= 0.3 is 0 Å². The van der Waals surface area contributed by atoms with Crippen LogP contribution in [-0.4, -0.2) is 22.6 Å². The average Bonchev–Trinajstić information content (AvgIpc) is 2.16. The summed E-state index contributed by atoms with van der Waals surface area (Å²) in [4.78, 5) is 10.7. The van der Waals surface area contributed by atoms with E-state index in [2.05, 4.69) is 15.5 Å². The first-order valence-electron chi connectivity index (χ1n) is 3.67. The van der Waals surface area contributed by atoms with Gasteiger partial charge in [0.05, 0.1) is 18.8 Å². The van der Waals surface area contributed by atoms with Crippen molar-refractivity contribution in [2.24, 2.45) is 5.73 Å². The largest absolute Gasteiger partial charge is 0.349 e. The molecular weight excluding hydrogens is 192 g/mol. The maximum atomic E-state index is 10.7. The van der Waals surface area contributed by atoms with E-state index in [1.807, 2.05) is 0 Å². The second-order valence-electron chi connectivity index (χ2n) is 2.33. The van der Waals surface area contributed by atoms with E-state index in [0.717, 1.165) is 0 Å². The van der Waals surface area contributed by atoms with E-state index in [1.165, 1.54) is 0 Å². The highest BCUT2D eigenvalue weighted by Gasteiger charge is 1.98. The third kappa shape index (κ3) is 3.35. The van der Waals surface area contributed by atoms with Gasteiger partial charge in [0.2, 0.25) is 5.91 Å². The summed E-state index contributed by atoms with van der Waals surface area (Å²) in [6.45, 7) is 0.293. The summed E-state index contributed by atoms with van der Waals surface area (Å²) in [6, 6.07) is 3.30. The van der Waals surface area contributed by atoms with Crippen molar-refractivity contribution in [2.75, 3.05) is 6.54 Å². The van der Waals surface area contributed by atoms with Gasteiger partial charge in [-0.2, -0.15) is 5.10 Å². The average molecular weight is 201 g/mol. The van der Waals surface area contributed by atoms with Gasteiger partial charge in [0, 0.05) is 0 Å². The highest BCUT2D eigenvalue weighted by molar-refractivity contribution is 6.29. The monoisotopic (exact) mass is 200 g/mol. The molecule has 0 spiro atoms. The van der Waals surface area contributed by atoms with Crippen molar-refractivity contribution in [1.82, 2.24) is 15.5 Å². The van der Waals surface area contributed by atoms with Gasteiger partial charge in [-0.25, -0.2) is 0 Å². The number of carbonyl (C=O) groups excluding carboxylic acids is 1. The van der Waals surface area contributed by atoms with Gasteiger partial charge in [0.1, 0.15) is 0 Å². The summed E-state index contributed by atoms with van der Waals surface area (Å²) >= 11 is 5.52. The topological polar surface area (TPSA) is 80.9 Å². The van der Waals surface area contributed by atoms with Gasteiger partial charge in [-0.3, -0.25) is 4.79 Å². The first kappa shape index (κ1) is 9.88. The van der Waals surface area contributed by atoms with Crippen LogP contribution in [0.2, 0.25) is 5.15 Å². The van der Waals surface area contributed by atoms with E-state index in [4.69, 9.17) is 17.3 Å². The summed E-state index contributed by atoms with van der Waals surface area (Å²) < 4.78 is 0. The Morgan fingerprint density at radius 3 is 2.85 bits per heavy atom. The zero-order valence-electron chi connectivity index (χ0n) is 6.83. The predicted molar refractivity (Wildman–Crippen MR) is 47.9 cm³/mol. The molecule has 13 heavy (non-hydrogen) atoms. The van der Waals surface area contributed by atoms with E-state index >= 15 is 0 Å². The molecule has 1 heterocycles. The maximum Gasteiger partial charge on any atom is 0.234 e. The van der Waals surface area contributed by atoms with E-state index in [1.54, 1.807) is 12.1 Å². The lowest BCUT2D eigenvalue weighted by atomic mass is 10.4. The molecule has 0 saturated carbocycles. The quantitative estimate of drug-likeness (QED) is 0.703. The molecule has 70 valence electrons. The van der Waals surface area contributed by atoms with Crippen molar-refractivity contribution in [2.45, 2.75) is 6.54 Å². The molecule has 0 saturated heterocycles. The van der Waals surface area contributed by atoms with E-state index in [9.17, 15) is 4.79 Å². The molecule has 3 N–H and O–H groups in total. The van der Waals surface area contributed by atoms with Crippen molar-refractivity contribution < 1.29 is 4.79 Å². The molecule has 0 atom stereocenters. The minimum absolute atomic E-state index is 0.0268. The Balaban J connectivity index is 2.46. The molecule has 0 aliphatic rings. The molecule has 0 radical (unpaired) electrons. The van der Waals surface area contributed by atoms with Crippen LogP contribution in [-0.2, 0) is 11.3 Å². The summed E-state index contributed by atoms with van der Waals surface area (Å²) in [5, 5.41) is 10.2. The molecule has 0 fully saturated rings. The van der Waals surface area contributed by atoms with Gasteiger partial charge < -0.3 is 11.1 Å². The Morgan fingerprint density at radius 2 is 2.31 bits per heavy atom. The summed E-state index contributed by atoms with van der Waals surface area (Å²) in [6.07, 6.45) is 0. The number of aromatic nitrogens is 2. The third-order valence-electron chi connectivity index (χ3n) is 1.34. The molecule has 1 aromatic rings. The molecule has 1 amide bonds. The molecule has 5 nitrogen and oxygen atoms in total. The van der Waals surface area contributed by atoms with Gasteiger partial charge in [-0.05, 0) is 12.1 Å². The first-order chi connectivity index (χ1) is 6.22.